The average molecular weight is 382 g/mol. The minimum Gasteiger partial charge on any atom is -0.473 e. The predicted octanol–water partition coefficient (Wildman–Crippen LogP) is 2.43. The Labute approximate surface area is 160 Å². The van der Waals surface area contributed by atoms with Crippen LogP contribution in [-0.4, -0.2) is 16.0 Å². The number of halogens is 1. The number of nitrogens with two attached hydrogens (primary N) is 2. The second kappa shape index (κ2) is 8.42. The van der Waals surface area contributed by atoms with Gasteiger partial charge in [-0.3, -0.25) is 5.43 Å². The van der Waals surface area contributed by atoms with Crippen LogP contribution >= 0.6 is 0 Å². The van der Waals surface area contributed by atoms with Gasteiger partial charge in [-0.1, -0.05) is 12.1 Å². The molecule has 0 saturated carbocycles. The lowest BCUT2D eigenvalue weighted by Gasteiger charge is -2.21. The fraction of sp³-hybridized carbons (Fsp3) is 0.105. The highest BCUT2D eigenvalue weighted by Crippen LogP contribution is 2.24. The Bertz CT molecular complexity index is 980. The Morgan fingerprint density at radius 1 is 1.21 bits per heavy atom. The minimum absolute atomic E-state index is 0.118. The molecule has 0 atom stereocenters. The molecule has 9 heteroatoms. The van der Waals surface area contributed by atoms with Gasteiger partial charge in [0.2, 0.25) is 5.88 Å². The van der Waals surface area contributed by atoms with Crippen molar-refractivity contribution in [3.05, 3.63) is 71.7 Å². The summed E-state index contributed by atoms with van der Waals surface area (Å²) in [4.78, 5) is 20.3. The van der Waals surface area contributed by atoms with Crippen LogP contribution in [0.15, 0.2) is 54.7 Å². The van der Waals surface area contributed by atoms with Crippen LogP contribution in [0.4, 0.5) is 14.9 Å². The number of amides is 2. The molecule has 0 aliphatic carbocycles. The fourth-order valence-corrected chi connectivity index (χ4v) is 2.59. The van der Waals surface area contributed by atoms with Crippen molar-refractivity contribution in [3.63, 3.8) is 0 Å². The second-order valence-electron chi connectivity index (χ2n) is 5.91. The number of nitrogens with zero attached hydrogens (tertiary/aromatic N) is 3. The van der Waals surface area contributed by atoms with Gasteiger partial charge in [0.05, 0.1) is 5.69 Å². The van der Waals surface area contributed by atoms with E-state index in [2.05, 4.69) is 9.97 Å². The second-order valence-corrected chi connectivity index (χ2v) is 5.91. The molecule has 3 rings (SSSR count). The molecule has 0 aliphatic heterocycles. The van der Waals surface area contributed by atoms with Crippen LogP contribution in [0.25, 0.3) is 11.4 Å². The van der Waals surface area contributed by atoms with Gasteiger partial charge in [-0.05, 0) is 42.8 Å². The third kappa shape index (κ3) is 4.22. The van der Waals surface area contributed by atoms with E-state index in [0.29, 0.717) is 28.5 Å². The summed E-state index contributed by atoms with van der Waals surface area (Å²) >= 11 is 0. The zero-order chi connectivity index (χ0) is 20.1. The highest BCUT2D eigenvalue weighted by molar-refractivity contribution is 5.91. The van der Waals surface area contributed by atoms with Crippen LogP contribution < -0.4 is 26.9 Å². The molecule has 0 bridgehead atoms. The van der Waals surface area contributed by atoms with Gasteiger partial charge in [-0.2, -0.15) is 4.98 Å². The molecule has 3 aromatic rings. The van der Waals surface area contributed by atoms with Gasteiger partial charge in [0, 0.05) is 23.4 Å². The molecule has 1 heterocycles. The summed E-state index contributed by atoms with van der Waals surface area (Å²) in [6.07, 6.45) is 1.55. The molecular weight excluding hydrogens is 363 g/mol. The summed E-state index contributed by atoms with van der Waals surface area (Å²) in [5.41, 5.74) is 4.69. The Balaban J connectivity index is 1.82. The normalized spacial score (nSPS) is 10.4. The van der Waals surface area contributed by atoms with E-state index in [-0.39, 0.29) is 12.4 Å². The molecule has 28 heavy (non-hydrogen) atoms. The number of hydrogen-bond donors (Lipinski definition) is 3. The van der Waals surface area contributed by atoms with Gasteiger partial charge in [-0.15, -0.1) is 0 Å². The van der Waals surface area contributed by atoms with Crippen LogP contribution in [0, 0.1) is 12.7 Å². The van der Waals surface area contributed by atoms with E-state index >= 15 is 0 Å². The van der Waals surface area contributed by atoms with E-state index in [4.69, 9.17) is 16.4 Å². The number of carbonyl (C=O) groups is 1. The van der Waals surface area contributed by atoms with E-state index in [1.54, 1.807) is 36.5 Å². The molecule has 8 nitrogen and oxygen atoms in total. The number of anilines is 1. The molecule has 144 valence electrons. The highest BCUT2D eigenvalue weighted by atomic mass is 19.1. The first-order valence-corrected chi connectivity index (χ1v) is 8.35. The molecule has 0 fully saturated rings. The van der Waals surface area contributed by atoms with Crippen molar-refractivity contribution in [2.45, 2.75) is 13.5 Å². The van der Waals surface area contributed by atoms with Crippen LogP contribution in [0.3, 0.4) is 0 Å². The van der Waals surface area contributed by atoms with Crippen molar-refractivity contribution in [2.75, 3.05) is 5.01 Å². The number of aromatic nitrogens is 2. The molecule has 0 saturated heterocycles. The van der Waals surface area contributed by atoms with Gasteiger partial charge in [0.1, 0.15) is 12.4 Å². The Morgan fingerprint density at radius 2 is 1.96 bits per heavy atom. The Kier molecular flexibility index (Phi) is 5.78. The number of ether oxygens (including phenoxy) is 1. The van der Waals surface area contributed by atoms with E-state index < -0.39 is 6.03 Å². The molecule has 2 aromatic carbocycles. The summed E-state index contributed by atoms with van der Waals surface area (Å²) in [5.74, 6) is 11.4. The number of benzene rings is 2. The van der Waals surface area contributed by atoms with Crippen LogP contribution in [0.1, 0.15) is 11.1 Å². The lowest BCUT2D eigenvalue weighted by atomic mass is 10.1. The van der Waals surface area contributed by atoms with Crippen molar-refractivity contribution < 1.29 is 13.9 Å². The van der Waals surface area contributed by atoms with Gasteiger partial charge in [0.15, 0.2) is 5.82 Å². The highest BCUT2D eigenvalue weighted by Gasteiger charge is 2.16. The van der Waals surface area contributed by atoms with E-state index in [1.807, 2.05) is 18.4 Å². The third-order valence-electron chi connectivity index (χ3n) is 4.08. The van der Waals surface area contributed by atoms with Crippen molar-refractivity contribution in [1.82, 2.24) is 15.4 Å². The molecule has 1 aromatic heterocycles. The number of aryl methyl sites for hydroxylation is 1. The summed E-state index contributed by atoms with van der Waals surface area (Å²) in [6.45, 7) is 1.99. The smallest absolute Gasteiger partial charge is 0.350 e. The fourth-order valence-electron chi connectivity index (χ4n) is 2.59. The summed E-state index contributed by atoms with van der Waals surface area (Å²) in [6, 6.07) is 12.1. The van der Waals surface area contributed by atoms with E-state index in [0.717, 1.165) is 10.6 Å². The summed E-state index contributed by atoms with van der Waals surface area (Å²) in [5, 5.41) is 0.912. The van der Waals surface area contributed by atoms with Gasteiger partial charge in [0.25, 0.3) is 0 Å². The summed E-state index contributed by atoms with van der Waals surface area (Å²) in [7, 11) is 0. The zero-order valence-electron chi connectivity index (χ0n) is 15.1. The first-order valence-electron chi connectivity index (χ1n) is 8.35. The van der Waals surface area contributed by atoms with Crippen LogP contribution in [0.2, 0.25) is 0 Å². The standard InChI is InChI=1S/C19H19FN6O2/c1-12-3-2-4-16(26(22)19(27)25-21)15(12)11-28-17-9-10-23-18(24-17)13-5-7-14(20)8-6-13/h2-10H,11,21-22H2,1H3,(H,25,27). The zero-order valence-corrected chi connectivity index (χ0v) is 15.1. The Morgan fingerprint density at radius 3 is 2.68 bits per heavy atom. The topological polar surface area (TPSA) is 119 Å². The molecule has 0 aliphatic rings. The number of rotatable bonds is 5. The first kappa shape index (κ1) is 19.2. The van der Waals surface area contributed by atoms with Gasteiger partial charge in [-0.25, -0.2) is 30.9 Å². The molecule has 0 spiro atoms. The average Bonchev–Trinajstić information content (AvgIpc) is 2.72. The number of urea groups is 1. The maximum absolute atomic E-state index is 13.1. The summed E-state index contributed by atoms with van der Waals surface area (Å²) < 4.78 is 18.9. The van der Waals surface area contributed by atoms with Crippen molar-refractivity contribution in [2.24, 2.45) is 11.7 Å². The number of nitrogens with one attached hydrogen (secondary N) is 1. The number of hydrogen-bond acceptors (Lipinski definition) is 6. The predicted molar refractivity (Wildman–Crippen MR) is 102 cm³/mol. The maximum atomic E-state index is 13.1. The molecule has 2 amide bonds. The van der Waals surface area contributed by atoms with Crippen molar-refractivity contribution >= 4 is 11.7 Å². The van der Waals surface area contributed by atoms with E-state index in [1.165, 1.54) is 12.1 Å². The lowest BCUT2D eigenvalue weighted by Crippen LogP contribution is -2.48. The number of hydrazine groups is 2. The third-order valence-corrected chi connectivity index (χ3v) is 4.08. The molecular formula is C19H19FN6O2. The van der Waals surface area contributed by atoms with E-state index in [9.17, 15) is 9.18 Å². The Hall–Kier alpha value is -3.56. The lowest BCUT2D eigenvalue weighted by molar-refractivity contribution is 0.246. The minimum atomic E-state index is -0.660. The molecule has 0 radical (unpaired) electrons. The first-order chi connectivity index (χ1) is 13.5. The van der Waals surface area contributed by atoms with Crippen LogP contribution in [0.5, 0.6) is 5.88 Å². The molecule has 5 N–H and O–H groups in total. The maximum Gasteiger partial charge on any atom is 0.350 e. The monoisotopic (exact) mass is 382 g/mol. The van der Waals surface area contributed by atoms with Crippen molar-refractivity contribution in [1.29, 1.82) is 0 Å². The quantitative estimate of drug-likeness (QED) is 0.354. The van der Waals surface area contributed by atoms with Crippen molar-refractivity contribution in [3.8, 4) is 17.3 Å². The largest absolute Gasteiger partial charge is 0.473 e. The van der Waals surface area contributed by atoms with Gasteiger partial charge < -0.3 is 4.74 Å². The number of carbonyl (C=O) groups excluding carboxylic acids is 1. The molecule has 0 unspecified atom stereocenters. The SMILES string of the molecule is Cc1cccc(N(N)C(=O)NN)c1COc1ccnc(-c2ccc(F)cc2)n1. The van der Waals surface area contributed by atoms with Crippen LogP contribution in [-0.2, 0) is 6.61 Å². The van der Waals surface area contributed by atoms with Gasteiger partial charge >= 0.3 is 6.03 Å².